The summed E-state index contributed by atoms with van der Waals surface area (Å²) in [6.45, 7) is 9.16. The number of hydrogen-bond donors (Lipinski definition) is 0. The zero-order valence-electron chi connectivity index (χ0n) is 14.1. The van der Waals surface area contributed by atoms with E-state index in [1.54, 1.807) is 0 Å². The number of nitrogens with zero attached hydrogens (tertiary/aromatic N) is 3. The molecule has 1 aliphatic rings. The topological polar surface area (TPSA) is 72.4 Å². The number of aromatic nitrogens is 2. The first-order chi connectivity index (χ1) is 11.0. The molecule has 6 heteroatoms. The lowest BCUT2D eigenvalue weighted by atomic mass is 9.96. The Kier molecular flexibility index (Phi) is 4.24. The van der Waals surface area contributed by atoms with Crippen LogP contribution < -0.4 is 0 Å². The van der Waals surface area contributed by atoms with Crippen molar-refractivity contribution in [2.45, 2.75) is 52.4 Å². The zero-order chi connectivity index (χ0) is 16.6. The Morgan fingerprint density at radius 3 is 2.43 bits per heavy atom. The van der Waals surface area contributed by atoms with Crippen molar-refractivity contribution in [1.82, 2.24) is 15.1 Å². The number of carbonyl (C=O) groups is 1. The normalized spacial score (nSPS) is 16.3. The summed E-state index contributed by atoms with van der Waals surface area (Å²) in [5.74, 6) is 3.38. The molecule has 0 atom stereocenters. The van der Waals surface area contributed by atoms with Crippen LogP contribution in [0, 0.1) is 13.8 Å². The van der Waals surface area contributed by atoms with E-state index in [2.05, 4.69) is 10.2 Å². The molecule has 0 bridgehead atoms. The van der Waals surface area contributed by atoms with E-state index in [9.17, 15) is 4.79 Å². The minimum atomic E-state index is 0.0474. The Balaban J connectivity index is 1.63. The molecule has 0 unspecified atom stereocenters. The molecule has 1 saturated heterocycles. The van der Waals surface area contributed by atoms with Crippen molar-refractivity contribution < 1.29 is 13.6 Å². The van der Waals surface area contributed by atoms with Gasteiger partial charge in [0.05, 0.1) is 5.56 Å². The van der Waals surface area contributed by atoms with Crippen molar-refractivity contribution in [2.75, 3.05) is 13.1 Å². The van der Waals surface area contributed by atoms with Crippen LogP contribution >= 0.6 is 0 Å². The number of likely N-dealkylation sites (tertiary alicyclic amines) is 1. The van der Waals surface area contributed by atoms with Crippen LogP contribution in [0.15, 0.2) is 14.9 Å². The molecular formula is C17H23N3O3. The molecule has 0 aromatic carbocycles. The van der Waals surface area contributed by atoms with Gasteiger partial charge in [-0.1, -0.05) is 13.8 Å². The first kappa shape index (κ1) is 15.8. The predicted molar refractivity (Wildman–Crippen MR) is 84.4 cm³/mol. The third kappa shape index (κ3) is 3.16. The molecule has 23 heavy (non-hydrogen) atoms. The van der Waals surface area contributed by atoms with Crippen molar-refractivity contribution in [3.8, 4) is 0 Å². The average Bonchev–Trinajstić information content (AvgIpc) is 3.13. The van der Waals surface area contributed by atoms with Crippen LogP contribution in [0.5, 0.6) is 0 Å². The van der Waals surface area contributed by atoms with Crippen molar-refractivity contribution in [3.05, 3.63) is 34.9 Å². The lowest BCUT2D eigenvalue weighted by molar-refractivity contribution is 0.0704. The fourth-order valence-electron chi connectivity index (χ4n) is 2.99. The summed E-state index contributed by atoms with van der Waals surface area (Å²) in [6.07, 6.45) is 1.70. The van der Waals surface area contributed by atoms with Crippen molar-refractivity contribution in [2.24, 2.45) is 0 Å². The molecule has 0 saturated carbocycles. The second-order valence-electron chi connectivity index (χ2n) is 6.53. The third-order valence-electron chi connectivity index (χ3n) is 4.35. The van der Waals surface area contributed by atoms with Crippen molar-refractivity contribution >= 4 is 5.91 Å². The van der Waals surface area contributed by atoms with E-state index >= 15 is 0 Å². The van der Waals surface area contributed by atoms with Gasteiger partial charge in [0.1, 0.15) is 11.5 Å². The predicted octanol–water partition coefficient (Wildman–Crippen LogP) is 3.42. The van der Waals surface area contributed by atoms with Crippen LogP contribution in [0.2, 0.25) is 0 Å². The highest BCUT2D eigenvalue weighted by molar-refractivity contribution is 5.95. The van der Waals surface area contributed by atoms with E-state index in [1.807, 2.05) is 38.7 Å². The van der Waals surface area contributed by atoms with Crippen LogP contribution in [0.25, 0.3) is 0 Å². The molecule has 124 valence electrons. The Bertz CT molecular complexity index is 694. The highest BCUT2D eigenvalue weighted by atomic mass is 16.4. The second-order valence-corrected chi connectivity index (χ2v) is 6.53. The third-order valence-corrected chi connectivity index (χ3v) is 4.35. The number of furan rings is 1. The van der Waals surface area contributed by atoms with E-state index in [4.69, 9.17) is 8.83 Å². The van der Waals surface area contributed by atoms with Crippen LogP contribution in [0.4, 0.5) is 0 Å². The monoisotopic (exact) mass is 317 g/mol. The highest BCUT2D eigenvalue weighted by Gasteiger charge is 2.29. The van der Waals surface area contributed by atoms with Gasteiger partial charge in [0, 0.05) is 24.9 Å². The SMILES string of the molecule is Cc1cc(C(=O)N2CCC(c3nnc(C(C)C)o3)CC2)c(C)o1. The number of aryl methyl sites for hydroxylation is 2. The molecule has 3 heterocycles. The standard InChI is InChI=1S/C17H23N3O3/c1-10(2)15-18-19-16(23-15)13-5-7-20(8-6-13)17(21)14-9-11(3)22-12(14)4/h9-10,13H,5-8H2,1-4H3. The van der Waals surface area contributed by atoms with Crippen LogP contribution in [0.1, 0.15) is 72.2 Å². The van der Waals surface area contributed by atoms with Gasteiger partial charge in [-0.25, -0.2) is 0 Å². The molecule has 1 fully saturated rings. The van der Waals surface area contributed by atoms with Crippen LogP contribution in [-0.4, -0.2) is 34.1 Å². The number of amides is 1. The summed E-state index contributed by atoms with van der Waals surface area (Å²) in [4.78, 5) is 14.5. The number of carbonyl (C=O) groups excluding carboxylic acids is 1. The molecular weight excluding hydrogens is 294 g/mol. The Labute approximate surface area is 135 Å². The number of rotatable bonds is 3. The van der Waals surface area contributed by atoms with Gasteiger partial charge in [-0.2, -0.15) is 0 Å². The zero-order valence-corrected chi connectivity index (χ0v) is 14.1. The van der Waals surface area contributed by atoms with Gasteiger partial charge in [0.15, 0.2) is 0 Å². The van der Waals surface area contributed by atoms with Gasteiger partial charge in [0.2, 0.25) is 11.8 Å². The Hall–Kier alpha value is -2.11. The summed E-state index contributed by atoms with van der Waals surface area (Å²) in [7, 11) is 0. The smallest absolute Gasteiger partial charge is 0.257 e. The minimum absolute atomic E-state index is 0.0474. The molecule has 1 aliphatic heterocycles. The van der Waals surface area contributed by atoms with Crippen molar-refractivity contribution in [1.29, 1.82) is 0 Å². The first-order valence-corrected chi connectivity index (χ1v) is 8.15. The molecule has 3 rings (SSSR count). The summed E-state index contributed by atoms with van der Waals surface area (Å²) in [5.41, 5.74) is 0.667. The lowest BCUT2D eigenvalue weighted by Crippen LogP contribution is -2.38. The molecule has 0 radical (unpaired) electrons. The second kappa shape index (κ2) is 6.18. The molecule has 0 spiro atoms. The van der Waals surface area contributed by atoms with Gasteiger partial charge in [-0.05, 0) is 32.8 Å². The maximum Gasteiger partial charge on any atom is 0.257 e. The quantitative estimate of drug-likeness (QED) is 0.867. The molecule has 0 aliphatic carbocycles. The van der Waals surface area contributed by atoms with Gasteiger partial charge in [-0.3, -0.25) is 4.79 Å². The summed E-state index contributed by atoms with van der Waals surface area (Å²) in [6, 6.07) is 1.82. The molecule has 2 aromatic heterocycles. The van der Waals surface area contributed by atoms with Gasteiger partial charge in [-0.15, -0.1) is 10.2 Å². The van der Waals surface area contributed by atoms with E-state index in [0.717, 1.165) is 18.6 Å². The summed E-state index contributed by atoms with van der Waals surface area (Å²) >= 11 is 0. The van der Waals surface area contributed by atoms with Crippen molar-refractivity contribution in [3.63, 3.8) is 0 Å². The maximum absolute atomic E-state index is 12.6. The molecule has 0 N–H and O–H groups in total. The van der Waals surface area contributed by atoms with E-state index < -0.39 is 0 Å². The van der Waals surface area contributed by atoms with Crippen LogP contribution in [-0.2, 0) is 0 Å². The lowest BCUT2D eigenvalue weighted by Gasteiger charge is -2.30. The molecule has 6 nitrogen and oxygen atoms in total. The van der Waals surface area contributed by atoms with Gasteiger partial charge < -0.3 is 13.7 Å². The minimum Gasteiger partial charge on any atom is -0.466 e. The van der Waals surface area contributed by atoms with E-state index in [0.29, 0.717) is 36.2 Å². The number of piperidine rings is 1. The van der Waals surface area contributed by atoms with E-state index in [-0.39, 0.29) is 17.7 Å². The first-order valence-electron chi connectivity index (χ1n) is 8.15. The van der Waals surface area contributed by atoms with E-state index in [1.165, 1.54) is 0 Å². The largest absolute Gasteiger partial charge is 0.466 e. The highest BCUT2D eigenvalue weighted by Crippen LogP contribution is 2.29. The molecule has 1 amide bonds. The van der Waals surface area contributed by atoms with Gasteiger partial charge in [0.25, 0.3) is 5.91 Å². The summed E-state index contributed by atoms with van der Waals surface area (Å²) in [5, 5.41) is 8.27. The maximum atomic E-state index is 12.6. The number of hydrogen-bond acceptors (Lipinski definition) is 5. The Morgan fingerprint density at radius 1 is 1.22 bits per heavy atom. The van der Waals surface area contributed by atoms with Crippen LogP contribution in [0.3, 0.4) is 0 Å². The summed E-state index contributed by atoms with van der Waals surface area (Å²) < 4.78 is 11.2. The Morgan fingerprint density at radius 2 is 1.91 bits per heavy atom. The fourth-order valence-corrected chi connectivity index (χ4v) is 2.99. The van der Waals surface area contributed by atoms with Gasteiger partial charge >= 0.3 is 0 Å². The average molecular weight is 317 g/mol. The molecule has 2 aromatic rings. The fraction of sp³-hybridized carbons (Fsp3) is 0.588.